The van der Waals surface area contributed by atoms with Gasteiger partial charge in [0.05, 0.1) is 0 Å². The molecule has 0 amide bonds. The highest BCUT2D eigenvalue weighted by atomic mass is 19.1. The molecule has 0 aromatic heterocycles. The van der Waals surface area contributed by atoms with Crippen LogP contribution in [0.25, 0.3) is 0 Å². The van der Waals surface area contributed by atoms with E-state index in [1.165, 1.54) is 18.4 Å². The normalized spacial score (nSPS) is 46.1. The Morgan fingerprint density at radius 1 is 1.06 bits per heavy atom. The van der Waals surface area contributed by atoms with Crippen LogP contribution in [-0.2, 0) is 0 Å². The van der Waals surface area contributed by atoms with Crippen molar-refractivity contribution in [3.8, 4) is 0 Å². The van der Waals surface area contributed by atoms with Crippen LogP contribution >= 0.6 is 0 Å². The molecular formula is C16H20FN. The molecule has 4 atom stereocenters. The molecule has 2 heteroatoms. The van der Waals surface area contributed by atoms with Gasteiger partial charge in [-0.15, -0.1) is 0 Å². The lowest BCUT2D eigenvalue weighted by molar-refractivity contribution is 0.0631. The van der Waals surface area contributed by atoms with E-state index in [2.05, 4.69) is 29.6 Å². The first-order valence-corrected chi connectivity index (χ1v) is 7.24. The van der Waals surface area contributed by atoms with Crippen molar-refractivity contribution in [3.63, 3.8) is 0 Å². The van der Waals surface area contributed by atoms with Crippen LogP contribution in [0.4, 0.5) is 4.39 Å². The molecule has 4 rings (SSSR count). The van der Waals surface area contributed by atoms with Gasteiger partial charge in [0.15, 0.2) is 0 Å². The van der Waals surface area contributed by atoms with Gasteiger partial charge in [0, 0.05) is 18.0 Å². The fourth-order valence-corrected chi connectivity index (χ4v) is 4.27. The van der Waals surface area contributed by atoms with Crippen molar-refractivity contribution in [2.24, 2.45) is 5.92 Å². The number of benzene rings is 1. The van der Waals surface area contributed by atoms with E-state index in [-0.39, 0.29) is 5.92 Å². The molecule has 1 aliphatic carbocycles. The van der Waals surface area contributed by atoms with Gasteiger partial charge in [-0.25, -0.2) is 4.39 Å². The zero-order valence-electron chi connectivity index (χ0n) is 10.6. The molecule has 0 radical (unpaired) electrons. The first kappa shape index (κ1) is 11.0. The van der Waals surface area contributed by atoms with Crippen LogP contribution in [0.15, 0.2) is 30.3 Å². The second-order valence-corrected chi connectivity index (χ2v) is 6.44. The average molecular weight is 245 g/mol. The number of alkyl halides is 1. The minimum atomic E-state index is -0.891. The molecule has 3 aliphatic rings. The van der Waals surface area contributed by atoms with E-state index >= 15 is 4.39 Å². The number of hydrogen-bond donors (Lipinski definition) is 1. The number of piperidine rings is 1. The predicted octanol–water partition coefficient (Wildman–Crippen LogP) is 3.41. The molecule has 18 heavy (non-hydrogen) atoms. The van der Waals surface area contributed by atoms with Crippen molar-refractivity contribution >= 4 is 0 Å². The largest absolute Gasteiger partial charge is 0.311 e. The SMILES string of the molecule is FC1(C2CC2c2ccccc2)CC2CCC(C1)N2. The van der Waals surface area contributed by atoms with Crippen LogP contribution < -0.4 is 5.32 Å². The maximum atomic E-state index is 15.2. The highest BCUT2D eigenvalue weighted by molar-refractivity contribution is 5.28. The Morgan fingerprint density at radius 3 is 2.39 bits per heavy atom. The van der Waals surface area contributed by atoms with Crippen molar-refractivity contribution in [2.45, 2.75) is 55.8 Å². The van der Waals surface area contributed by atoms with Crippen LogP contribution in [-0.4, -0.2) is 17.8 Å². The quantitative estimate of drug-likeness (QED) is 0.842. The molecule has 2 aliphatic heterocycles. The summed E-state index contributed by atoms with van der Waals surface area (Å²) in [6.45, 7) is 0. The van der Waals surface area contributed by atoms with Crippen LogP contribution in [0.1, 0.15) is 43.6 Å². The molecule has 1 N–H and O–H groups in total. The molecule has 2 heterocycles. The summed E-state index contributed by atoms with van der Waals surface area (Å²) in [4.78, 5) is 0. The molecule has 4 unspecified atom stereocenters. The van der Waals surface area contributed by atoms with Crippen molar-refractivity contribution in [3.05, 3.63) is 35.9 Å². The summed E-state index contributed by atoms with van der Waals surface area (Å²) in [5, 5.41) is 3.54. The van der Waals surface area contributed by atoms with E-state index < -0.39 is 5.67 Å². The van der Waals surface area contributed by atoms with E-state index in [0.717, 1.165) is 19.3 Å². The summed E-state index contributed by atoms with van der Waals surface area (Å²) in [5.74, 6) is 0.763. The summed E-state index contributed by atoms with van der Waals surface area (Å²) in [6, 6.07) is 11.4. The number of halogens is 1. The van der Waals surface area contributed by atoms with Gasteiger partial charge in [-0.2, -0.15) is 0 Å². The van der Waals surface area contributed by atoms with E-state index in [1.54, 1.807) is 0 Å². The Labute approximate surface area is 108 Å². The Morgan fingerprint density at radius 2 is 1.72 bits per heavy atom. The molecule has 2 bridgehead atoms. The summed E-state index contributed by atoms with van der Waals surface area (Å²) in [6.07, 6.45) is 4.91. The molecule has 1 aromatic carbocycles. The standard InChI is InChI=1S/C16H20FN/c17-16(9-12-6-7-13(10-16)18-12)15-8-14(15)11-4-2-1-3-5-11/h1-5,12-15,18H,6-10H2. The summed E-state index contributed by atoms with van der Waals surface area (Å²) < 4.78 is 15.2. The lowest BCUT2D eigenvalue weighted by atomic mass is 9.83. The number of rotatable bonds is 2. The maximum absolute atomic E-state index is 15.2. The lowest BCUT2D eigenvalue weighted by Crippen LogP contribution is -2.47. The van der Waals surface area contributed by atoms with E-state index in [4.69, 9.17) is 0 Å². The fraction of sp³-hybridized carbons (Fsp3) is 0.625. The molecule has 1 nitrogen and oxygen atoms in total. The highest BCUT2D eigenvalue weighted by Crippen LogP contribution is 2.59. The van der Waals surface area contributed by atoms with Gasteiger partial charge >= 0.3 is 0 Å². The minimum absolute atomic E-state index is 0.282. The summed E-state index contributed by atoms with van der Waals surface area (Å²) in [7, 11) is 0. The van der Waals surface area contributed by atoms with Crippen molar-refractivity contribution in [1.29, 1.82) is 0 Å². The zero-order chi connectivity index (χ0) is 12.2. The zero-order valence-corrected chi connectivity index (χ0v) is 10.6. The Balaban J connectivity index is 1.52. The van der Waals surface area contributed by atoms with Gasteiger partial charge in [0.1, 0.15) is 5.67 Å². The van der Waals surface area contributed by atoms with Gasteiger partial charge in [-0.05, 0) is 43.6 Å². The molecule has 2 saturated heterocycles. The van der Waals surface area contributed by atoms with Crippen LogP contribution in [0.5, 0.6) is 0 Å². The topological polar surface area (TPSA) is 12.0 Å². The number of nitrogens with one attached hydrogen (secondary N) is 1. The van der Waals surface area contributed by atoms with Crippen molar-refractivity contribution in [1.82, 2.24) is 5.32 Å². The van der Waals surface area contributed by atoms with Gasteiger partial charge in [0.25, 0.3) is 0 Å². The maximum Gasteiger partial charge on any atom is 0.117 e. The van der Waals surface area contributed by atoms with Crippen LogP contribution in [0.3, 0.4) is 0 Å². The van der Waals surface area contributed by atoms with E-state index in [9.17, 15) is 0 Å². The van der Waals surface area contributed by atoms with Crippen molar-refractivity contribution in [2.75, 3.05) is 0 Å². The second-order valence-electron chi connectivity index (χ2n) is 6.44. The van der Waals surface area contributed by atoms with Gasteiger partial charge < -0.3 is 5.32 Å². The number of fused-ring (bicyclic) bond motifs is 2. The molecule has 3 fully saturated rings. The Bertz CT molecular complexity index is 432. The van der Waals surface area contributed by atoms with Crippen molar-refractivity contribution < 1.29 is 4.39 Å². The van der Waals surface area contributed by atoms with Gasteiger partial charge in [-0.3, -0.25) is 0 Å². The molecule has 0 spiro atoms. The fourth-order valence-electron chi connectivity index (χ4n) is 4.27. The first-order valence-electron chi connectivity index (χ1n) is 7.24. The van der Waals surface area contributed by atoms with Crippen LogP contribution in [0.2, 0.25) is 0 Å². The predicted molar refractivity (Wildman–Crippen MR) is 70.3 cm³/mol. The highest BCUT2D eigenvalue weighted by Gasteiger charge is 2.57. The van der Waals surface area contributed by atoms with E-state index in [0.29, 0.717) is 18.0 Å². The second kappa shape index (κ2) is 3.80. The Kier molecular flexibility index (Phi) is 2.32. The molecule has 1 aromatic rings. The summed E-state index contributed by atoms with van der Waals surface area (Å²) >= 11 is 0. The molecular weight excluding hydrogens is 225 g/mol. The third-order valence-corrected chi connectivity index (χ3v) is 5.19. The average Bonchev–Trinajstić information content (AvgIpc) is 3.12. The third kappa shape index (κ3) is 1.70. The number of hydrogen-bond acceptors (Lipinski definition) is 1. The lowest BCUT2D eigenvalue weighted by Gasteiger charge is -2.35. The van der Waals surface area contributed by atoms with Crippen LogP contribution in [0, 0.1) is 5.92 Å². The van der Waals surface area contributed by atoms with E-state index in [1.807, 2.05) is 6.07 Å². The smallest absolute Gasteiger partial charge is 0.117 e. The first-order chi connectivity index (χ1) is 8.74. The molecule has 1 saturated carbocycles. The monoisotopic (exact) mass is 245 g/mol. The third-order valence-electron chi connectivity index (χ3n) is 5.19. The summed E-state index contributed by atoms with van der Waals surface area (Å²) in [5.41, 5.74) is 0.447. The van der Waals surface area contributed by atoms with Gasteiger partial charge in [-0.1, -0.05) is 30.3 Å². The Hall–Kier alpha value is -0.890. The molecule has 96 valence electrons. The van der Waals surface area contributed by atoms with Gasteiger partial charge in [0.2, 0.25) is 0 Å². The minimum Gasteiger partial charge on any atom is -0.311 e.